The van der Waals surface area contributed by atoms with E-state index in [0.29, 0.717) is 0 Å². The molecule has 0 saturated heterocycles. The van der Waals surface area contributed by atoms with E-state index in [2.05, 4.69) is 0 Å². The van der Waals surface area contributed by atoms with Gasteiger partial charge in [0.15, 0.2) is 0 Å². The van der Waals surface area contributed by atoms with Crippen LogP contribution in [0.1, 0.15) is 0 Å². The highest BCUT2D eigenvalue weighted by Gasteiger charge is 2.24. The van der Waals surface area contributed by atoms with Crippen LogP contribution in [0.3, 0.4) is 0 Å². The first-order valence-corrected chi connectivity index (χ1v) is 12.7. The Labute approximate surface area is 196 Å². The maximum atomic E-state index is 12.2. The Morgan fingerprint density at radius 2 is 0.529 bits per heavy atom. The van der Waals surface area contributed by atoms with Crippen LogP contribution in [-0.4, -0.2) is 37.3 Å². The molecular weight excluding hydrogens is 480 g/mol. The minimum absolute atomic E-state index is 0.221. The Morgan fingerprint density at radius 1 is 0.353 bits per heavy atom. The fraction of sp³-hybridized carbons (Fsp3) is 0. The van der Waals surface area contributed by atoms with Gasteiger partial charge in [0, 0.05) is 0 Å². The lowest BCUT2D eigenvalue weighted by Crippen LogP contribution is -2.02. The van der Waals surface area contributed by atoms with Crippen LogP contribution in [0.25, 0.3) is 0 Å². The smallest absolute Gasteiger partial charge is 0.213 e. The van der Waals surface area contributed by atoms with E-state index >= 15 is 0 Å². The molecule has 0 aliphatic rings. The number of phenols is 4. The molecule has 34 heavy (non-hydrogen) atoms. The SMILES string of the molecule is O=S(=O)(c1ccccc1O)c1ccccc1O.O=S(=O)(c1ccccc1O)c1ccccc1O. The van der Waals surface area contributed by atoms with Crippen molar-refractivity contribution in [2.75, 3.05) is 0 Å². The molecule has 0 spiro atoms. The second-order valence-electron chi connectivity index (χ2n) is 6.88. The first-order chi connectivity index (χ1) is 16.1. The summed E-state index contributed by atoms with van der Waals surface area (Å²) in [6, 6.07) is 22.4. The number of hydrogen-bond donors (Lipinski definition) is 4. The predicted molar refractivity (Wildman–Crippen MR) is 123 cm³/mol. The summed E-state index contributed by atoms with van der Waals surface area (Å²) in [5, 5.41) is 38.2. The van der Waals surface area contributed by atoms with Crippen LogP contribution in [0.4, 0.5) is 0 Å². The number of hydrogen-bond acceptors (Lipinski definition) is 8. The minimum Gasteiger partial charge on any atom is -0.507 e. The van der Waals surface area contributed by atoms with Crippen molar-refractivity contribution in [1.82, 2.24) is 0 Å². The lowest BCUT2D eigenvalue weighted by molar-refractivity contribution is 0.451. The fourth-order valence-electron chi connectivity index (χ4n) is 2.97. The maximum absolute atomic E-state index is 12.2. The van der Waals surface area contributed by atoms with E-state index < -0.39 is 19.7 Å². The van der Waals surface area contributed by atoms with Crippen LogP contribution in [0.5, 0.6) is 23.0 Å². The van der Waals surface area contributed by atoms with Crippen molar-refractivity contribution >= 4 is 19.7 Å². The van der Waals surface area contributed by atoms with Gasteiger partial charge in [-0.05, 0) is 48.5 Å². The number of aromatic hydroxyl groups is 4. The molecule has 4 rings (SSSR count). The quantitative estimate of drug-likeness (QED) is 0.330. The molecule has 0 aliphatic heterocycles. The Kier molecular flexibility index (Phi) is 7.14. The van der Waals surface area contributed by atoms with Gasteiger partial charge >= 0.3 is 0 Å². The largest absolute Gasteiger partial charge is 0.507 e. The molecule has 4 aromatic carbocycles. The Bertz CT molecular complexity index is 1310. The third kappa shape index (κ3) is 4.98. The van der Waals surface area contributed by atoms with Crippen molar-refractivity contribution in [1.29, 1.82) is 0 Å². The Balaban J connectivity index is 0.000000191. The molecule has 0 aromatic heterocycles. The van der Waals surface area contributed by atoms with E-state index in [1.807, 2.05) is 0 Å². The minimum atomic E-state index is -3.90. The molecule has 8 nitrogen and oxygen atoms in total. The van der Waals surface area contributed by atoms with Crippen LogP contribution >= 0.6 is 0 Å². The molecule has 0 heterocycles. The molecule has 0 aliphatic carbocycles. The molecule has 0 unspecified atom stereocenters. The average Bonchev–Trinajstić information content (AvgIpc) is 2.80. The zero-order valence-corrected chi connectivity index (χ0v) is 19.1. The second kappa shape index (κ2) is 9.86. The summed E-state index contributed by atoms with van der Waals surface area (Å²) in [6.45, 7) is 0. The van der Waals surface area contributed by atoms with E-state index in [1.165, 1.54) is 97.1 Å². The number of phenolic OH excluding ortho intramolecular Hbond substituents is 4. The topological polar surface area (TPSA) is 149 Å². The van der Waals surface area contributed by atoms with Gasteiger partial charge in [-0.15, -0.1) is 0 Å². The van der Waals surface area contributed by atoms with Gasteiger partial charge in [0.1, 0.15) is 42.6 Å². The zero-order chi connectivity index (χ0) is 24.9. The van der Waals surface area contributed by atoms with Crippen molar-refractivity contribution in [3.05, 3.63) is 97.1 Å². The van der Waals surface area contributed by atoms with Gasteiger partial charge in [0.05, 0.1) is 0 Å². The van der Waals surface area contributed by atoms with Crippen molar-refractivity contribution < 1.29 is 37.3 Å². The fourth-order valence-corrected chi connectivity index (χ4v) is 5.85. The van der Waals surface area contributed by atoms with E-state index in [-0.39, 0.29) is 42.6 Å². The highest BCUT2D eigenvalue weighted by Crippen LogP contribution is 2.33. The van der Waals surface area contributed by atoms with Crippen LogP contribution in [-0.2, 0) is 19.7 Å². The average molecular weight is 501 g/mol. The number of para-hydroxylation sites is 4. The molecule has 0 saturated carbocycles. The standard InChI is InChI=1S/2C12H10O4S/c2*13-9-5-1-3-7-11(9)17(15,16)12-8-4-2-6-10(12)14/h2*1-8,13-14H. The molecule has 10 heteroatoms. The maximum Gasteiger partial charge on any atom is 0.213 e. The summed E-state index contributed by atoms with van der Waals surface area (Å²) in [5.74, 6) is -1.35. The molecule has 0 bridgehead atoms. The molecular formula is C24H20O8S2. The second-order valence-corrected chi connectivity index (χ2v) is 10.7. The van der Waals surface area contributed by atoms with Gasteiger partial charge < -0.3 is 20.4 Å². The number of rotatable bonds is 4. The first-order valence-electron chi connectivity index (χ1n) is 9.69. The van der Waals surface area contributed by atoms with Crippen molar-refractivity contribution in [2.45, 2.75) is 19.6 Å². The van der Waals surface area contributed by atoms with Gasteiger partial charge in [-0.3, -0.25) is 0 Å². The van der Waals surface area contributed by atoms with Crippen molar-refractivity contribution in [3.8, 4) is 23.0 Å². The van der Waals surface area contributed by atoms with Gasteiger partial charge in [-0.1, -0.05) is 48.5 Å². The number of benzene rings is 4. The summed E-state index contributed by atoms with van der Waals surface area (Å²) < 4.78 is 48.6. The molecule has 0 amide bonds. The monoisotopic (exact) mass is 500 g/mol. The van der Waals surface area contributed by atoms with Crippen molar-refractivity contribution in [3.63, 3.8) is 0 Å². The van der Waals surface area contributed by atoms with Crippen LogP contribution in [0.2, 0.25) is 0 Å². The van der Waals surface area contributed by atoms with E-state index in [4.69, 9.17) is 0 Å². The predicted octanol–water partition coefficient (Wildman–Crippen LogP) is 3.86. The summed E-state index contributed by atoms with van der Waals surface area (Å²) in [7, 11) is -7.80. The van der Waals surface area contributed by atoms with E-state index in [0.717, 1.165) is 0 Å². The summed E-state index contributed by atoms with van der Waals surface area (Å²) in [5.41, 5.74) is 0. The van der Waals surface area contributed by atoms with Gasteiger partial charge in [-0.2, -0.15) is 0 Å². The van der Waals surface area contributed by atoms with Crippen LogP contribution < -0.4 is 0 Å². The lowest BCUT2D eigenvalue weighted by Gasteiger charge is -2.07. The van der Waals surface area contributed by atoms with Gasteiger partial charge in [0.25, 0.3) is 0 Å². The van der Waals surface area contributed by atoms with Crippen LogP contribution in [0, 0.1) is 0 Å². The highest BCUT2D eigenvalue weighted by molar-refractivity contribution is 7.92. The van der Waals surface area contributed by atoms with Crippen molar-refractivity contribution in [2.24, 2.45) is 0 Å². The van der Waals surface area contributed by atoms with Crippen LogP contribution in [0.15, 0.2) is 117 Å². The Morgan fingerprint density at radius 3 is 0.706 bits per heavy atom. The first kappa shape index (κ1) is 24.6. The van der Waals surface area contributed by atoms with Gasteiger partial charge in [0.2, 0.25) is 19.7 Å². The lowest BCUT2D eigenvalue weighted by atomic mass is 10.3. The summed E-state index contributed by atoms with van der Waals surface area (Å²) in [6.07, 6.45) is 0. The van der Waals surface area contributed by atoms with Gasteiger partial charge in [-0.25, -0.2) is 16.8 Å². The normalized spacial score (nSPS) is 11.3. The molecule has 0 fully saturated rings. The third-order valence-electron chi connectivity index (χ3n) is 4.62. The Hall–Kier alpha value is -4.02. The molecule has 4 aromatic rings. The van der Waals surface area contributed by atoms with E-state index in [1.54, 1.807) is 0 Å². The summed E-state index contributed by atoms with van der Waals surface area (Å²) >= 11 is 0. The number of sulfone groups is 2. The molecule has 0 radical (unpaired) electrons. The highest BCUT2D eigenvalue weighted by atomic mass is 32.2. The van der Waals surface area contributed by atoms with E-state index in [9.17, 15) is 37.3 Å². The third-order valence-corrected chi connectivity index (χ3v) is 8.32. The molecule has 0 atom stereocenters. The molecule has 176 valence electrons. The zero-order valence-electron chi connectivity index (χ0n) is 17.5. The summed E-state index contributed by atoms with van der Waals surface area (Å²) in [4.78, 5) is -0.883. The molecule has 4 N–H and O–H groups in total.